The van der Waals surface area contributed by atoms with E-state index in [9.17, 15) is 0 Å². The van der Waals surface area contributed by atoms with E-state index in [0.29, 0.717) is 5.54 Å². The lowest BCUT2D eigenvalue weighted by Crippen LogP contribution is -2.03. The quantitative estimate of drug-likeness (QED) is 0.265. The summed E-state index contributed by atoms with van der Waals surface area (Å²) in [6.45, 7) is 7.40. The number of unbranched alkanes of at least 4 members (excludes halogenated alkanes) is 2. The van der Waals surface area contributed by atoms with Crippen molar-refractivity contribution in [2.24, 2.45) is 0 Å². The molecule has 0 rings (SSSR count). The van der Waals surface area contributed by atoms with Crippen molar-refractivity contribution in [3.05, 3.63) is 25.3 Å². The largest absolute Gasteiger partial charge is 0.243 e. The summed E-state index contributed by atoms with van der Waals surface area (Å²) < 4.78 is 0. The molecular weight excluding hydrogens is 207 g/mol. The van der Waals surface area contributed by atoms with Crippen molar-refractivity contribution in [2.75, 3.05) is 0 Å². The van der Waals surface area contributed by atoms with Gasteiger partial charge in [0.25, 0.3) is 0 Å². The van der Waals surface area contributed by atoms with Gasteiger partial charge in [0.05, 0.1) is 0 Å². The third kappa shape index (κ3) is 5.87. The van der Waals surface area contributed by atoms with Crippen LogP contribution in [0.15, 0.2) is 25.3 Å². The minimum Gasteiger partial charge on any atom is -0.150 e. The first-order valence-corrected chi connectivity index (χ1v) is 8.39. The second kappa shape index (κ2) is 7.90. The molecule has 0 bridgehead atoms. The Morgan fingerprint density at radius 2 is 1.92 bits per heavy atom. The van der Waals surface area contributed by atoms with Crippen molar-refractivity contribution in [1.82, 2.24) is 0 Å². The first kappa shape index (κ1) is 12.3. The molecule has 0 saturated carbocycles. The zero-order valence-corrected chi connectivity index (χ0v) is 9.97. The van der Waals surface area contributed by atoms with Crippen molar-refractivity contribution >= 4 is 29.6 Å². The Balaban J connectivity index is 3.44. The summed E-state index contributed by atoms with van der Waals surface area (Å²) in [6, 6.07) is 0. The summed E-state index contributed by atoms with van der Waals surface area (Å²) in [5.74, 6) is 0. The molecule has 0 aromatic rings. The van der Waals surface area contributed by atoms with E-state index in [1.54, 1.807) is 0 Å². The molecule has 0 amide bonds. The Bertz CT molecular complexity index is 134. The van der Waals surface area contributed by atoms with Gasteiger partial charge in [-0.25, -0.2) is 0 Å². The predicted octanol–water partition coefficient (Wildman–Crippen LogP) is 3.99. The van der Waals surface area contributed by atoms with E-state index in [-0.39, 0.29) is 0 Å². The van der Waals surface area contributed by atoms with E-state index >= 15 is 0 Å². The van der Waals surface area contributed by atoms with Gasteiger partial charge in [0.1, 0.15) is 0 Å². The molecule has 0 N–H and O–H groups in total. The zero-order chi connectivity index (χ0) is 9.40. The molecular formula is C9H16Cl2Si. The molecule has 0 saturated heterocycles. The fraction of sp³-hybridized carbons (Fsp3) is 0.556. The third-order valence-electron chi connectivity index (χ3n) is 1.82. The van der Waals surface area contributed by atoms with Crippen LogP contribution in [-0.4, -0.2) is 7.42 Å². The van der Waals surface area contributed by atoms with Crippen LogP contribution in [0.3, 0.4) is 0 Å². The van der Waals surface area contributed by atoms with Gasteiger partial charge in [-0.1, -0.05) is 18.6 Å². The van der Waals surface area contributed by atoms with Crippen LogP contribution in [0.4, 0.5) is 0 Å². The first-order valence-electron chi connectivity index (χ1n) is 4.24. The lowest BCUT2D eigenvalue weighted by atomic mass is 10.1. The zero-order valence-electron chi connectivity index (χ0n) is 7.31. The highest BCUT2D eigenvalue weighted by molar-refractivity contribution is 7.34. The number of rotatable bonds is 7. The lowest BCUT2D eigenvalue weighted by Gasteiger charge is -2.10. The summed E-state index contributed by atoms with van der Waals surface area (Å²) in [4.78, 5) is 0. The third-order valence-corrected chi connectivity index (χ3v) is 5.02. The van der Waals surface area contributed by atoms with Crippen molar-refractivity contribution in [2.45, 2.75) is 31.2 Å². The average molecular weight is 223 g/mol. The summed E-state index contributed by atoms with van der Waals surface area (Å²) in [5, 5.41) is 0. The van der Waals surface area contributed by atoms with Crippen molar-refractivity contribution in [1.29, 1.82) is 0 Å². The van der Waals surface area contributed by atoms with E-state index in [0.717, 1.165) is 12.8 Å². The molecule has 0 heterocycles. The molecule has 1 unspecified atom stereocenters. The smallest absolute Gasteiger partial charge is 0.150 e. The number of hydrogen-bond acceptors (Lipinski definition) is 0. The molecule has 0 spiro atoms. The van der Waals surface area contributed by atoms with Crippen LogP contribution in [0, 0.1) is 0 Å². The molecule has 12 heavy (non-hydrogen) atoms. The summed E-state index contributed by atoms with van der Waals surface area (Å²) in [6.07, 6.45) is 8.36. The van der Waals surface area contributed by atoms with E-state index in [1.165, 1.54) is 12.8 Å². The van der Waals surface area contributed by atoms with Gasteiger partial charge >= 0.3 is 0 Å². The molecule has 0 aliphatic rings. The summed E-state index contributed by atoms with van der Waals surface area (Å²) in [5.41, 5.74) is 0.373. The van der Waals surface area contributed by atoms with Gasteiger partial charge in [0.15, 0.2) is 0 Å². The Morgan fingerprint density at radius 1 is 1.25 bits per heavy atom. The maximum Gasteiger partial charge on any atom is 0.243 e. The SMILES string of the molecule is C=CCCCCC(C=C)[SiH](Cl)Cl. The summed E-state index contributed by atoms with van der Waals surface area (Å²) in [7, 11) is -1.54. The molecule has 0 radical (unpaired) electrons. The number of halogens is 2. The fourth-order valence-electron chi connectivity index (χ4n) is 1.02. The Kier molecular flexibility index (Phi) is 8.08. The second-order valence-electron chi connectivity index (χ2n) is 2.81. The molecule has 0 aliphatic heterocycles. The normalized spacial score (nSPS) is 12.9. The van der Waals surface area contributed by atoms with Gasteiger partial charge in [0.2, 0.25) is 7.42 Å². The molecule has 0 fully saturated rings. The van der Waals surface area contributed by atoms with E-state index in [1.807, 2.05) is 12.2 Å². The maximum absolute atomic E-state index is 5.87. The monoisotopic (exact) mass is 222 g/mol. The van der Waals surface area contributed by atoms with E-state index in [4.69, 9.17) is 22.2 Å². The molecule has 0 aromatic carbocycles. The predicted molar refractivity (Wildman–Crippen MR) is 61.5 cm³/mol. The summed E-state index contributed by atoms with van der Waals surface area (Å²) >= 11 is 11.7. The minimum atomic E-state index is -1.54. The van der Waals surface area contributed by atoms with Gasteiger partial charge in [-0.15, -0.1) is 35.3 Å². The molecule has 0 aromatic heterocycles. The minimum absolute atomic E-state index is 0.373. The maximum atomic E-state index is 5.87. The van der Waals surface area contributed by atoms with Crippen LogP contribution in [0.5, 0.6) is 0 Å². The van der Waals surface area contributed by atoms with Gasteiger partial charge in [-0.3, -0.25) is 0 Å². The van der Waals surface area contributed by atoms with Crippen LogP contribution in [0.2, 0.25) is 5.54 Å². The lowest BCUT2D eigenvalue weighted by molar-refractivity contribution is 0.694. The molecule has 0 nitrogen and oxygen atoms in total. The molecule has 3 heteroatoms. The second-order valence-corrected chi connectivity index (χ2v) is 7.82. The van der Waals surface area contributed by atoms with Gasteiger partial charge in [0, 0.05) is 0 Å². The van der Waals surface area contributed by atoms with Crippen LogP contribution < -0.4 is 0 Å². The highest BCUT2D eigenvalue weighted by Gasteiger charge is 2.14. The number of hydrogen-bond donors (Lipinski definition) is 0. The van der Waals surface area contributed by atoms with Crippen molar-refractivity contribution < 1.29 is 0 Å². The highest BCUT2D eigenvalue weighted by atomic mass is 35.7. The van der Waals surface area contributed by atoms with Crippen LogP contribution >= 0.6 is 22.2 Å². The molecule has 0 aliphatic carbocycles. The highest BCUT2D eigenvalue weighted by Crippen LogP contribution is 2.24. The Morgan fingerprint density at radius 3 is 2.33 bits per heavy atom. The van der Waals surface area contributed by atoms with Gasteiger partial charge in [-0.05, 0) is 24.8 Å². The average Bonchev–Trinajstić information content (AvgIpc) is 2.04. The first-order chi connectivity index (χ1) is 5.72. The topological polar surface area (TPSA) is 0 Å². The van der Waals surface area contributed by atoms with E-state index in [2.05, 4.69) is 13.2 Å². The Labute approximate surface area is 86.3 Å². The van der Waals surface area contributed by atoms with Gasteiger partial charge < -0.3 is 0 Å². The van der Waals surface area contributed by atoms with Crippen LogP contribution in [-0.2, 0) is 0 Å². The Hall–Kier alpha value is 0.277. The van der Waals surface area contributed by atoms with E-state index < -0.39 is 7.42 Å². The molecule has 70 valence electrons. The number of allylic oxidation sites excluding steroid dienone is 2. The molecule has 1 atom stereocenters. The standard InChI is InChI=1S/C9H16Cl2Si/c1-3-5-6-7-8-9(4-2)12(10)11/h3-4,9,12H,1-2,5-8H2. The van der Waals surface area contributed by atoms with Crippen LogP contribution in [0.25, 0.3) is 0 Å². The van der Waals surface area contributed by atoms with Gasteiger partial charge in [-0.2, -0.15) is 0 Å². The van der Waals surface area contributed by atoms with Crippen molar-refractivity contribution in [3.8, 4) is 0 Å². The van der Waals surface area contributed by atoms with Crippen molar-refractivity contribution in [3.63, 3.8) is 0 Å². The fourth-order valence-corrected chi connectivity index (χ4v) is 3.08. The van der Waals surface area contributed by atoms with Crippen LogP contribution in [0.1, 0.15) is 25.7 Å².